The Morgan fingerprint density at radius 3 is 1.50 bits per heavy atom. The first kappa shape index (κ1) is 23.2. The highest BCUT2D eigenvalue weighted by Crippen LogP contribution is 2.11. The van der Waals surface area contributed by atoms with Crippen LogP contribution in [-0.2, 0) is 9.53 Å². The van der Waals surface area contributed by atoms with Crippen LogP contribution in [0, 0.1) is 5.41 Å². The van der Waals surface area contributed by atoms with Gasteiger partial charge in [-0.3, -0.25) is 0 Å². The topological polar surface area (TPSA) is 174 Å². The largest absolute Gasteiger partial charge is 0.460 e. The molecule has 0 bridgehead atoms. The Morgan fingerprint density at radius 2 is 1.32 bits per heavy atom. The Hall–Kier alpha value is -1.07. The number of hydrogen-bond donors (Lipinski definition) is 7. The molecule has 9 heteroatoms. The molecule has 0 unspecified atom stereocenters. The van der Waals surface area contributed by atoms with Crippen LogP contribution in [0.4, 0.5) is 0 Å². The number of rotatable bonds is 9. The van der Waals surface area contributed by atoms with Crippen LogP contribution >= 0.6 is 0 Å². The Morgan fingerprint density at radius 1 is 0.955 bits per heavy atom. The Labute approximate surface area is 129 Å². The molecular formula is C13H27NO8. The van der Waals surface area contributed by atoms with Crippen molar-refractivity contribution in [3.05, 3.63) is 12.2 Å². The second-order valence-corrected chi connectivity index (χ2v) is 5.17. The number of hydrogen-bond acceptors (Lipinski definition) is 9. The molecule has 0 aromatic carbocycles. The first-order valence-corrected chi connectivity index (χ1v) is 6.46. The molecule has 0 aromatic heterocycles. The summed E-state index contributed by atoms with van der Waals surface area (Å²) < 4.78 is 4.67. The maximum atomic E-state index is 10.9. The summed E-state index contributed by atoms with van der Waals surface area (Å²) in [4.78, 5) is 10.9. The van der Waals surface area contributed by atoms with Crippen LogP contribution in [0.5, 0.6) is 0 Å². The molecule has 0 aromatic rings. The Bertz CT molecular complexity index is 308. The number of nitrogens with two attached hydrogens (primary N) is 1. The summed E-state index contributed by atoms with van der Waals surface area (Å²) in [7, 11) is 0. The highest BCUT2D eigenvalue weighted by molar-refractivity contribution is 5.86. The third-order valence-corrected chi connectivity index (χ3v) is 2.81. The lowest BCUT2D eigenvalue weighted by molar-refractivity contribution is -0.141. The van der Waals surface area contributed by atoms with Crippen LogP contribution in [0.15, 0.2) is 12.2 Å². The summed E-state index contributed by atoms with van der Waals surface area (Å²) in [6.07, 6.45) is 0. The first-order valence-electron chi connectivity index (χ1n) is 6.46. The molecule has 0 atom stereocenters. The van der Waals surface area contributed by atoms with Gasteiger partial charge in [0, 0.05) is 5.57 Å². The molecule has 132 valence electrons. The van der Waals surface area contributed by atoms with Crippen molar-refractivity contribution in [3.8, 4) is 0 Å². The lowest BCUT2D eigenvalue weighted by Gasteiger charge is -2.23. The van der Waals surface area contributed by atoms with Crippen molar-refractivity contribution in [1.82, 2.24) is 0 Å². The van der Waals surface area contributed by atoms with Crippen LogP contribution in [0.25, 0.3) is 0 Å². The first-order chi connectivity index (χ1) is 10.2. The van der Waals surface area contributed by atoms with Crippen molar-refractivity contribution in [1.29, 1.82) is 0 Å². The molecule has 0 heterocycles. The molecule has 0 saturated carbocycles. The summed E-state index contributed by atoms with van der Waals surface area (Å²) in [5, 5.41) is 51.5. The van der Waals surface area contributed by atoms with Crippen LogP contribution in [0.2, 0.25) is 0 Å². The number of aliphatic hydroxyl groups excluding tert-OH is 6. The maximum absolute atomic E-state index is 10.9. The molecule has 0 aliphatic carbocycles. The van der Waals surface area contributed by atoms with E-state index in [2.05, 4.69) is 11.3 Å². The molecule has 0 saturated heterocycles. The number of aliphatic hydroxyl groups is 6. The van der Waals surface area contributed by atoms with Crippen molar-refractivity contribution >= 4 is 5.97 Å². The van der Waals surface area contributed by atoms with Gasteiger partial charge in [-0.2, -0.15) is 0 Å². The van der Waals surface area contributed by atoms with Crippen molar-refractivity contribution in [2.24, 2.45) is 11.1 Å². The lowest BCUT2D eigenvalue weighted by Crippen LogP contribution is -2.51. The van der Waals surface area contributed by atoms with Gasteiger partial charge in [-0.1, -0.05) is 6.58 Å². The van der Waals surface area contributed by atoms with Crippen molar-refractivity contribution < 1.29 is 40.2 Å². The van der Waals surface area contributed by atoms with Gasteiger partial charge in [0.25, 0.3) is 0 Å². The molecule has 22 heavy (non-hydrogen) atoms. The van der Waals surface area contributed by atoms with Crippen LogP contribution in [0.3, 0.4) is 0 Å². The zero-order valence-corrected chi connectivity index (χ0v) is 12.7. The quantitative estimate of drug-likeness (QED) is 0.169. The van der Waals surface area contributed by atoms with E-state index < -0.39 is 56.6 Å². The third kappa shape index (κ3) is 8.39. The van der Waals surface area contributed by atoms with Gasteiger partial charge in [-0.15, -0.1) is 0 Å². The molecule has 9 nitrogen and oxygen atoms in total. The highest BCUT2D eigenvalue weighted by atomic mass is 16.5. The van der Waals surface area contributed by atoms with E-state index >= 15 is 0 Å². The van der Waals surface area contributed by atoms with E-state index in [9.17, 15) is 4.79 Å². The van der Waals surface area contributed by atoms with Gasteiger partial charge in [0.2, 0.25) is 0 Å². The zero-order valence-electron chi connectivity index (χ0n) is 12.7. The van der Waals surface area contributed by atoms with Gasteiger partial charge >= 0.3 is 5.97 Å². The second-order valence-electron chi connectivity index (χ2n) is 5.17. The summed E-state index contributed by atoms with van der Waals surface area (Å²) in [5.41, 5.74) is 3.30. The number of ether oxygens (including phenoxy) is 1. The van der Waals surface area contributed by atoms with Gasteiger partial charge in [-0.05, 0) is 6.92 Å². The van der Waals surface area contributed by atoms with Crippen LogP contribution in [0.1, 0.15) is 6.92 Å². The minimum absolute atomic E-state index is 0.230. The third-order valence-electron chi connectivity index (χ3n) is 2.81. The van der Waals surface area contributed by atoms with Crippen molar-refractivity contribution in [2.75, 3.05) is 46.2 Å². The predicted molar refractivity (Wildman–Crippen MR) is 77.6 cm³/mol. The molecule has 0 aliphatic heterocycles. The highest BCUT2D eigenvalue weighted by Gasteiger charge is 2.26. The molecule has 0 aliphatic rings. The molecule has 0 amide bonds. The van der Waals surface area contributed by atoms with E-state index in [-0.39, 0.29) is 12.2 Å². The SMILES string of the molecule is C=C(C)C(=O)OCC(N)(CO)CO.OCC(CO)(CO)CO. The van der Waals surface area contributed by atoms with E-state index in [0.29, 0.717) is 0 Å². The minimum atomic E-state index is -1.27. The van der Waals surface area contributed by atoms with Gasteiger partial charge in [0.15, 0.2) is 0 Å². The number of carbonyl (C=O) groups is 1. The average Bonchev–Trinajstić information content (AvgIpc) is 2.55. The van der Waals surface area contributed by atoms with Crippen molar-refractivity contribution in [3.63, 3.8) is 0 Å². The van der Waals surface area contributed by atoms with E-state index in [0.717, 1.165) is 0 Å². The minimum Gasteiger partial charge on any atom is -0.460 e. The lowest BCUT2D eigenvalue weighted by atomic mass is 9.93. The molecule has 0 rings (SSSR count). The van der Waals surface area contributed by atoms with Gasteiger partial charge in [-0.25, -0.2) is 4.79 Å². The summed E-state index contributed by atoms with van der Waals surface area (Å²) in [5.74, 6) is -0.586. The number of esters is 1. The molecule has 0 radical (unpaired) electrons. The fourth-order valence-corrected chi connectivity index (χ4v) is 0.774. The Balaban J connectivity index is 0. The maximum Gasteiger partial charge on any atom is 0.333 e. The van der Waals surface area contributed by atoms with Crippen molar-refractivity contribution in [2.45, 2.75) is 12.5 Å². The normalized spacial score (nSPS) is 11.5. The zero-order chi connectivity index (χ0) is 17.8. The average molecular weight is 325 g/mol. The molecule has 0 spiro atoms. The second kappa shape index (κ2) is 11.5. The fourth-order valence-electron chi connectivity index (χ4n) is 0.774. The number of carbonyl (C=O) groups excluding carboxylic acids is 1. The molecule has 8 N–H and O–H groups in total. The van der Waals surface area contributed by atoms with E-state index in [1.54, 1.807) is 0 Å². The molecular weight excluding hydrogens is 298 g/mol. The smallest absolute Gasteiger partial charge is 0.333 e. The fraction of sp³-hybridized carbons (Fsp3) is 0.769. The monoisotopic (exact) mass is 325 g/mol. The van der Waals surface area contributed by atoms with E-state index in [4.69, 9.17) is 36.4 Å². The summed E-state index contributed by atoms with van der Waals surface area (Å²) >= 11 is 0. The Kier molecular flexibility index (Phi) is 12.1. The molecule has 0 fully saturated rings. The van der Waals surface area contributed by atoms with Crippen LogP contribution in [-0.4, -0.2) is 88.4 Å². The predicted octanol–water partition coefficient (Wildman–Crippen LogP) is -3.27. The summed E-state index contributed by atoms with van der Waals surface area (Å²) in [6, 6.07) is 0. The van der Waals surface area contributed by atoms with E-state index in [1.165, 1.54) is 6.92 Å². The summed E-state index contributed by atoms with van der Waals surface area (Å²) in [6.45, 7) is 2.11. The van der Waals surface area contributed by atoms with E-state index in [1.807, 2.05) is 0 Å². The van der Waals surface area contributed by atoms with Gasteiger partial charge < -0.3 is 41.1 Å². The standard InChI is InChI=1S/C8H15NO4.C5H12O4/c1-6(2)7(12)13-5-8(9,3-10)4-11;6-1-5(2-7,3-8)4-9/h10-11H,1,3-5,9H2,2H3;6-9H,1-4H2. The van der Waals surface area contributed by atoms with Gasteiger partial charge in [0.1, 0.15) is 6.61 Å². The van der Waals surface area contributed by atoms with Crippen LogP contribution < -0.4 is 5.73 Å². The van der Waals surface area contributed by atoms with Gasteiger partial charge in [0.05, 0.1) is 50.6 Å².